The van der Waals surface area contributed by atoms with Crippen molar-refractivity contribution in [2.75, 3.05) is 7.11 Å². The van der Waals surface area contributed by atoms with Crippen LogP contribution < -0.4 is 5.32 Å². The lowest BCUT2D eigenvalue weighted by Gasteiger charge is -2.27. The molecule has 1 heterocycles. The molecule has 0 aliphatic heterocycles. The number of nitrogens with zero attached hydrogens (tertiary/aromatic N) is 3. The molecule has 3 unspecified atom stereocenters. The summed E-state index contributed by atoms with van der Waals surface area (Å²) in [7, 11) is 3.39. The van der Waals surface area contributed by atoms with Gasteiger partial charge in [-0.2, -0.15) is 0 Å². The molecule has 0 amide bonds. The molecule has 0 radical (unpaired) electrons. The zero-order valence-corrected chi connectivity index (χ0v) is 14.0. The van der Waals surface area contributed by atoms with Crippen LogP contribution in [0, 0.1) is 11.8 Å². The van der Waals surface area contributed by atoms with Gasteiger partial charge in [-0.1, -0.05) is 20.8 Å². The van der Waals surface area contributed by atoms with E-state index >= 15 is 0 Å². The lowest BCUT2D eigenvalue weighted by Crippen LogP contribution is -2.36. The van der Waals surface area contributed by atoms with Crippen LogP contribution in [0.3, 0.4) is 0 Å². The minimum absolute atomic E-state index is 0.150. The summed E-state index contributed by atoms with van der Waals surface area (Å²) in [4.78, 5) is 11.3. The van der Waals surface area contributed by atoms with E-state index in [0.29, 0.717) is 12.3 Å². The van der Waals surface area contributed by atoms with Crippen molar-refractivity contribution < 1.29 is 9.53 Å². The summed E-state index contributed by atoms with van der Waals surface area (Å²) >= 11 is 0. The van der Waals surface area contributed by atoms with E-state index in [1.54, 1.807) is 6.33 Å². The smallest absolute Gasteiger partial charge is 0.305 e. The van der Waals surface area contributed by atoms with Gasteiger partial charge in [0.1, 0.15) is 12.2 Å². The predicted octanol–water partition coefficient (Wildman–Crippen LogP) is 2.08. The highest BCUT2D eigenvalue weighted by atomic mass is 16.5. The first-order chi connectivity index (χ1) is 9.85. The second-order valence-electron chi connectivity index (χ2n) is 6.21. The number of rotatable bonds is 8. The fourth-order valence-electron chi connectivity index (χ4n) is 2.57. The number of carbonyl (C=O) groups excluding carboxylic acids is 1. The summed E-state index contributed by atoms with van der Waals surface area (Å²) in [6, 6.07) is 0.437. The molecule has 1 aromatic heterocycles. The van der Waals surface area contributed by atoms with Crippen molar-refractivity contribution in [3.05, 3.63) is 12.2 Å². The maximum Gasteiger partial charge on any atom is 0.305 e. The van der Waals surface area contributed by atoms with Crippen molar-refractivity contribution in [1.29, 1.82) is 0 Å². The third-order valence-corrected chi connectivity index (χ3v) is 3.65. The van der Waals surface area contributed by atoms with Crippen LogP contribution in [-0.2, 0) is 16.6 Å². The quantitative estimate of drug-likeness (QED) is 0.744. The zero-order chi connectivity index (χ0) is 16.0. The van der Waals surface area contributed by atoms with Crippen molar-refractivity contribution in [1.82, 2.24) is 20.1 Å². The lowest BCUT2D eigenvalue weighted by molar-refractivity contribution is -0.141. The van der Waals surface area contributed by atoms with Gasteiger partial charge in [0.2, 0.25) is 0 Å². The van der Waals surface area contributed by atoms with E-state index in [4.69, 9.17) is 4.74 Å². The van der Waals surface area contributed by atoms with Gasteiger partial charge in [0.05, 0.1) is 13.2 Å². The zero-order valence-electron chi connectivity index (χ0n) is 14.0. The average Bonchev–Trinajstić information content (AvgIpc) is 2.81. The maximum atomic E-state index is 11.3. The monoisotopic (exact) mass is 296 g/mol. The molecule has 1 N–H and O–H groups in total. The largest absolute Gasteiger partial charge is 0.469 e. The van der Waals surface area contributed by atoms with Crippen LogP contribution in [0.1, 0.15) is 52.4 Å². The molecule has 0 bridgehead atoms. The number of esters is 1. The van der Waals surface area contributed by atoms with Crippen LogP contribution >= 0.6 is 0 Å². The molecule has 3 atom stereocenters. The summed E-state index contributed by atoms with van der Waals surface area (Å²) in [5.74, 6) is 1.49. The lowest BCUT2D eigenvalue weighted by atomic mass is 9.96. The van der Waals surface area contributed by atoms with Crippen molar-refractivity contribution in [2.45, 2.75) is 52.6 Å². The van der Waals surface area contributed by atoms with Crippen LogP contribution in [0.2, 0.25) is 0 Å². The van der Waals surface area contributed by atoms with Crippen LogP contribution in [0.25, 0.3) is 0 Å². The molecule has 21 heavy (non-hydrogen) atoms. The Kier molecular flexibility index (Phi) is 6.81. The SMILES string of the molecule is COC(=O)CC(C)CC(C)NC(c1nncn1C)C(C)C. The second kappa shape index (κ2) is 8.12. The van der Waals surface area contributed by atoms with Gasteiger partial charge >= 0.3 is 5.97 Å². The molecule has 0 aromatic carbocycles. The topological polar surface area (TPSA) is 69.0 Å². The Balaban J connectivity index is 2.60. The molecule has 1 rings (SSSR count). The molecule has 1 aromatic rings. The van der Waals surface area contributed by atoms with Crippen LogP contribution in [0.4, 0.5) is 0 Å². The molecule has 0 saturated carbocycles. The number of nitrogens with one attached hydrogen (secondary N) is 1. The van der Waals surface area contributed by atoms with Crippen molar-refractivity contribution >= 4 is 5.97 Å². The Bertz CT molecular complexity index is 445. The molecule has 0 saturated heterocycles. The molecule has 0 aliphatic carbocycles. The van der Waals surface area contributed by atoms with E-state index in [2.05, 4.69) is 43.2 Å². The molecule has 6 heteroatoms. The highest BCUT2D eigenvalue weighted by molar-refractivity contribution is 5.69. The van der Waals surface area contributed by atoms with Gasteiger partial charge in [0.25, 0.3) is 0 Å². The fraction of sp³-hybridized carbons (Fsp3) is 0.800. The van der Waals surface area contributed by atoms with Crippen molar-refractivity contribution in [2.24, 2.45) is 18.9 Å². The summed E-state index contributed by atoms with van der Waals surface area (Å²) in [6.07, 6.45) is 3.09. The van der Waals surface area contributed by atoms with Crippen LogP contribution in [-0.4, -0.2) is 33.9 Å². The summed E-state index contributed by atoms with van der Waals surface area (Å²) in [5, 5.41) is 11.8. The Labute approximate surface area is 127 Å². The van der Waals surface area contributed by atoms with Crippen LogP contribution in [0.5, 0.6) is 0 Å². The van der Waals surface area contributed by atoms with Gasteiger partial charge in [-0.05, 0) is 25.2 Å². The first kappa shape index (κ1) is 17.6. The number of methoxy groups -OCH3 is 1. The van der Waals surface area contributed by atoms with E-state index in [0.717, 1.165) is 12.2 Å². The van der Waals surface area contributed by atoms with Crippen molar-refractivity contribution in [3.63, 3.8) is 0 Å². The van der Waals surface area contributed by atoms with E-state index in [1.807, 2.05) is 11.6 Å². The minimum atomic E-state index is -0.150. The van der Waals surface area contributed by atoms with Gasteiger partial charge in [-0.3, -0.25) is 4.79 Å². The Hall–Kier alpha value is -1.43. The number of aromatic nitrogens is 3. The molecule has 120 valence electrons. The molecule has 0 spiro atoms. The predicted molar refractivity (Wildman–Crippen MR) is 81.6 cm³/mol. The Morgan fingerprint density at radius 3 is 2.52 bits per heavy atom. The van der Waals surface area contributed by atoms with E-state index in [9.17, 15) is 4.79 Å². The summed E-state index contributed by atoms with van der Waals surface area (Å²) < 4.78 is 6.66. The Morgan fingerprint density at radius 2 is 2.05 bits per heavy atom. The number of hydrogen-bond donors (Lipinski definition) is 1. The van der Waals surface area contributed by atoms with Gasteiger partial charge in [-0.15, -0.1) is 10.2 Å². The standard InChI is InChI=1S/C15H28N4O2/c1-10(2)14(15-18-16-9-19(15)5)17-12(4)7-11(3)8-13(20)21-6/h9-12,14,17H,7-8H2,1-6H3. The molecular weight excluding hydrogens is 268 g/mol. The highest BCUT2D eigenvalue weighted by Gasteiger charge is 2.23. The second-order valence-corrected chi connectivity index (χ2v) is 6.21. The number of hydrogen-bond acceptors (Lipinski definition) is 5. The van der Waals surface area contributed by atoms with Gasteiger partial charge in [0.15, 0.2) is 0 Å². The molecule has 0 fully saturated rings. The summed E-state index contributed by atoms with van der Waals surface area (Å²) in [6.45, 7) is 8.54. The molecular formula is C15H28N4O2. The number of ether oxygens (including phenoxy) is 1. The highest BCUT2D eigenvalue weighted by Crippen LogP contribution is 2.21. The summed E-state index contributed by atoms with van der Waals surface area (Å²) in [5.41, 5.74) is 0. The normalized spacial score (nSPS) is 15.8. The minimum Gasteiger partial charge on any atom is -0.469 e. The van der Waals surface area contributed by atoms with E-state index in [1.165, 1.54) is 7.11 Å². The number of carbonyl (C=O) groups is 1. The van der Waals surface area contributed by atoms with Gasteiger partial charge in [0, 0.05) is 19.5 Å². The van der Waals surface area contributed by atoms with Gasteiger partial charge in [-0.25, -0.2) is 0 Å². The van der Waals surface area contributed by atoms with E-state index < -0.39 is 0 Å². The van der Waals surface area contributed by atoms with Crippen LogP contribution in [0.15, 0.2) is 6.33 Å². The first-order valence-corrected chi connectivity index (χ1v) is 7.51. The first-order valence-electron chi connectivity index (χ1n) is 7.51. The molecule has 6 nitrogen and oxygen atoms in total. The van der Waals surface area contributed by atoms with Crippen molar-refractivity contribution in [3.8, 4) is 0 Å². The van der Waals surface area contributed by atoms with Gasteiger partial charge < -0.3 is 14.6 Å². The fourth-order valence-corrected chi connectivity index (χ4v) is 2.57. The van der Waals surface area contributed by atoms with E-state index in [-0.39, 0.29) is 24.0 Å². The number of aryl methyl sites for hydroxylation is 1. The molecule has 0 aliphatic rings. The average molecular weight is 296 g/mol. The third kappa shape index (κ3) is 5.46. The third-order valence-electron chi connectivity index (χ3n) is 3.65. The Morgan fingerprint density at radius 1 is 1.38 bits per heavy atom. The maximum absolute atomic E-state index is 11.3.